The maximum Gasteiger partial charge on any atom is 0.264 e. The summed E-state index contributed by atoms with van der Waals surface area (Å²) in [7, 11) is -6.70. The lowest BCUT2D eigenvalue weighted by atomic mass is 9.70. The second-order valence-corrected chi connectivity index (χ2v) is 14.6. The van der Waals surface area contributed by atoms with E-state index in [9.17, 15) is 26.7 Å². The van der Waals surface area contributed by atoms with Gasteiger partial charge in [-0.15, -0.1) is 0 Å². The van der Waals surface area contributed by atoms with Crippen molar-refractivity contribution in [3.63, 3.8) is 0 Å². The van der Waals surface area contributed by atoms with E-state index in [2.05, 4.69) is 5.32 Å². The molecule has 7 nitrogen and oxygen atoms in total. The van der Waals surface area contributed by atoms with Crippen molar-refractivity contribution in [2.24, 2.45) is 11.8 Å². The Morgan fingerprint density at radius 1 is 1.03 bits per heavy atom. The van der Waals surface area contributed by atoms with Crippen LogP contribution >= 0.6 is 10.6 Å². The number of nitrogens with zero attached hydrogens (tertiary/aromatic N) is 1. The van der Waals surface area contributed by atoms with Gasteiger partial charge >= 0.3 is 0 Å². The first-order valence-corrected chi connectivity index (χ1v) is 15.4. The topological polar surface area (TPSA) is 107 Å². The van der Waals surface area contributed by atoms with Gasteiger partial charge < -0.3 is 5.32 Å². The van der Waals surface area contributed by atoms with E-state index in [0.29, 0.717) is 24.2 Å². The van der Waals surface area contributed by atoms with Crippen LogP contribution in [0.25, 0.3) is 0 Å². The third kappa shape index (κ3) is 3.94. The number of halogens is 1. The molecule has 1 spiro atoms. The minimum atomic E-state index is -4.01. The summed E-state index contributed by atoms with van der Waals surface area (Å²) in [5, 5.41) is 2.98. The van der Waals surface area contributed by atoms with Crippen LogP contribution in [0.15, 0.2) is 47.4 Å². The number of rotatable bonds is 5. The van der Waals surface area contributed by atoms with E-state index < -0.39 is 31.8 Å². The molecule has 1 atom stereocenters. The average Bonchev–Trinajstić information content (AvgIpc) is 3.73. The van der Waals surface area contributed by atoms with Gasteiger partial charge in [0.05, 0.1) is 16.6 Å². The van der Waals surface area contributed by atoms with Gasteiger partial charge in [0.1, 0.15) is 5.82 Å². The highest BCUT2D eigenvalue weighted by Gasteiger charge is 2.60. The van der Waals surface area contributed by atoms with Gasteiger partial charge in [0, 0.05) is 28.5 Å². The predicted octanol–water partition coefficient (Wildman–Crippen LogP) is 4.94. The van der Waals surface area contributed by atoms with E-state index in [-0.39, 0.29) is 40.2 Å². The Bertz CT molecular complexity index is 1280. The number of sulfonamides is 1. The minimum Gasteiger partial charge on any atom is -0.326 e. The minimum absolute atomic E-state index is 0.0237. The van der Waals surface area contributed by atoms with Crippen LogP contribution < -0.4 is 9.62 Å². The van der Waals surface area contributed by atoms with Crippen molar-refractivity contribution >= 4 is 37.9 Å². The van der Waals surface area contributed by atoms with Gasteiger partial charge in [-0.25, -0.2) is 12.8 Å². The van der Waals surface area contributed by atoms with E-state index in [1.807, 2.05) is 6.07 Å². The lowest BCUT2D eigenvalue weighted by Crippen LogP contribution is -2.51. The molecule has 0 aromatic heterocycles. The molecule has 0 bridgehead atoms. The zero-order valence-electron chi connectivity index (χ0n) is 19.2. The Kier molecular flexibility index (Phi) is 5.27. The number of carbonyl (C=O) groups is 1. The maximum atomic E-state index is 14.0. The van der Waals surface area contributed by atoms with E-state index in [4.69, 9.17) is 0 Å². The SMILES string of the molecule is O=C(Nc1ccc2c(c1)C1(CCS(O)(O)CC1)C(C1CC1)N2S(=O)(=O)c1ccc(F)cc1)C1CC1. The number of carbonyl (C=O) groups excluding carboxylic acids is 1. The molecule has 0 radical (unpaired) electrons. The third-order valence-corrected chi connectivity index (χ3v) is 11.5. The van der Waals surface area contributed by atoms with Gasteiger partial charge in [-0.3, -0.25) is 18.2 Å². The molecule has 3 N–H and O–H groups in total. The van der Waals surface area contributed by atoms with Crippen LogP contribution in [0.4, 0.5) is 15.8 Å². The van der Waals surface area contributed by atoms with E-state index in [0.717, 1.165) is 43.4 Å². The Morgan fingerprint density at radius 3 is 2.29 bits per heavy atom. The summed E-state index contributed by atoms with van der Waals surface area (Å²) in [5.74, 6) is 0.104. The molecule has 6 rings (SSSR count). The smallest absolute Gasteiger partial charge is 0.264 e. The summed E-state index contributed by atoms with van der Waals surface area (Å²) in [5.41, 5.74) is 1.46. The quantitative estimate of drug-likeness (QED) is 0.518. The number of amides is 1. The van der Waals surface area contributed by atoms with Gasteiger partial charge in [0.25, 0.3) is 10.0 Å². The van der Waals surface area contributed by atoms with Crippen LogP contribution in [0.1, 0.15) is 44.1 Å². The Morgan fingerprint density at radius 2 is 1.69 bits per heavy atom. The van der Waals surface area contributed by atoms with Crippen molar-refractivity contribution in [1.82, 2.24) is 0 Å². The summed E-state index contributed by atoms with van der Waals surface area (Å²) in [6.45, 7) is 0. The fourth-order valence-corrected chi connectivity index (χ4v) is 9.25. The first-order chi connectivity index (χ1) is 16.6. The molecule has 3 fully saturated rings. The van der Waals surface area contributed by atoms with Crippen LogP contribution in [0.3, 0.4) is 0 Å². The van der Waals surface area contributed by atoms with E-state index >= 15 is 0 Å². The highest BCUT2D eigenvalue weighted by molar-refractivity contribution is 8.24. The molecule has 2 aliphatic carbocycles. The number of benzene rings is 2. The number of nitrogens with one attached hydrogen (secondary N) is 1. The zero-order chi connectivity index (χ0) is 24.6. The first-order valence-electron chi connectivity index (χ1n) is 12.1. The van der Waals surface area contributed by atoms with Gasteiger partial charge in [-0.05, 0) is 92.5 Å². The molecule has 2 aromatic rings. The molecule has 1 amide bonds. The fraction of sp³-hybridized carbons (Fsp3) is 0.480. The van der Waals surface area contributed by atoms with Crippen molar-refractivity contribution in [2.45, 2.75) is 54.9 Å². The first kappa shape index (κ1) is 23.3. The largest absolute Gasteiger partial charge is 0.326 e. The Hall–Kier alpha value is -2.14. The zero-order valence-corrected chi connectivity index (χ0v) is 20.8. The standard InChI is InChI=1S/C25H29FN2O5S2/c26-18-5-8-20(9-6-18)35(32,33)28-22-10-7-19(27-24(29)17-3-4-17)15-21(22)25(23(28)16-1-2-16)11-13-34(30,31)14-12-25/h5-10,15-17,23,30-31H,1-4,11-14H2,(H,27,29). The van der Waals surface area contributed by atoms with Crippen LogP contribution in [-0.4, -0.2) is 41.0 Å². The number of fused-ring (bicyclic) bond motifs is 2. The molecule has 1 unspecified atom stereocenters. The Labute approximate surface area is 206 Å². The summed E-state index contributed by atoms with van der Waals surface area (Å²) in [6.07, 6.45) is 4.48. The summed E-state index contributed by atoms with van der Waals surface area (Å²) >= 11 is 0. The number of hydrogen-bond donors (Lipinski definition) is 3. The molecule has 2 heterocycles. The molecule has 4 aliphatic rings. The summed E-state index contributed by atoms with van der Waals surface area (Å²) in [4.78, 5) is 12.5. The van der Waals surface area contributed by atoms with E-state index in [1.54, 1.807) is 12.1 Å². The van der Waals surface area contributed by atoms with Crippen LogP contribution in [0, 0.1) is 17.7 Å². The Balaban J connectivity index is 1.49. The number of anilines is 2. The van der Waals surface area contributed by atoms with Crippen LogP contribution in [0.5, 0.6) is 0 Å². The molecular formula is C25H29FN2O5S2. The van der Waals surface area contributed by atoms with Crippen molar-refractivity contribution in [3.8, 4) is 0 Å². The number of hydrogen-bond acceptors (Lipinski definition) is 5. The molecule has 188 valence electrons. The van der Waals surface area contributed by atoms with Gasteiger partial charge in [0.2, 0.25) is 5.91 Å². The second kappa shape index (κ2) is 7.93. The molecule has 35 heavy (non-hydrogen) atoms. The fourth-order valence-electron chi connectivity index (χ4n) is 5.87. The lowest BCUT2D eigenvalue weighted by Gasteiger charge is -2.48. The van der Waals surface area contributed by atoms with Crippen molar-refractivity contribution in [1.29, 1.82) is 0 Å². The molecule has 1 saturated heterocycles. The molecule has 2 aliphatic heterocycles. The maximum absolute atomic E-state index is 14.0. The molecule has 10 heteroatoms. The van der Waals surface area contributed by atoms with Crippen molar-refractivity contribution in [2.75, 3.05) is 21.1 Å². The monoisotopic (exact) mass is 520 g/mol. The second-order valence-electron chi connectivity index (χ2n) is 10.4. The average molecular weight is 521 g/mol. The van der Waals surface area contributed by atoms with Gasteiger partial charge in [0.15, 0.2) is 0 Å². The summed E-state index contributed by atoms with van der Waals surface area (Å²) in [6, 6.07) is 9.92. The van der Waals surface area contributed by atoms with Crippen molar-refractivity contribution in [3.05, 3.63) is 53.8 Å². The third-order valence-electron chi connectivity index (χ3n) is 7.99. The summed E-state index contributed by atoms with van der Waals surface area (Å²) < 4.78 is 63.9. The molecular weight excluding hydrogens is 491 g/mol. The molecule has 2 saturated carbocycles. The van der Waals surface area contributed by atoms with Gasteiger partial charge in [-0.1, -0.05) is 0 Å². The van der Waals surface area contributed by atoms with Crippen molar-refractivity contribution < 1.29 is 26.7 Å². The van der Waals surface area contributed by atoms with Crippen LogP contribution in [0.2, 0.25) is 0 Å². The lowest BCUT2D eigenvalue weighted by molar-refractivity contribution is -0.117. The van der Waals surface area contributed by atoms with Crippen LogP contribution in [-0.2, 0) is 20.2 Å². The normalized spacial score (nSPS) is 25.8. The predicted molar refractivity (Wildman–Crippen MR) is 134 cm³/mol. The molecule has 2 aromatic carbocycles. The van der Waals surface area contributed by atoms with E-state index in [1.165, 1.54) is 16.4 Å². The van der Waals surface area contributed by atoms with Gasteiger partial charge in [-0.2, -0.15) is 10.6 Å². The highest BCUT2D eigenvalue weighted by atomic mass is 32.3. The highest BCUT2D eigenvalue weighted by Crippen LogP contribution is 2.63.